The molecule has 0 unspecified atom stereocenters. The van der Waals surface area contributed by atoms with Crippen molar-refractivity contribution in [3.8, 4) is 0 Å². The van der Waals surface area contributed by atoms with Crippen molar-refractivity contribution in [3.63, 3.8) is 0 Å². The smallest absolute Gasteiger partial charge is 0.249 e. The lowest BCUT2D eigenvalue weighted by molar-refractivity contribution is -0.138. The fraction of sp³-hybridized carbons (Fsp3) is 0.941. The predicted octanol–water partition coefficient (Wildman–Crippen LogP) is 3.67. The van der Waals surface area contributed by atoms with Crippen molar-refractivity contribution in [1.82, 2.24) is 5.32 Å². The molecule has 2 rings (SSSR count). The molecule has 0 bridgehead atoms. The Balaban J connectivity index is 1.71. The zero-order valence-electron chi connectivity index (χ0n) is 13.4. The van der Waals surface area contributed by atoms with Crippen LogP contribution in [-0.2, 0) is 9.53 Å². The summed E-state index contributed by atoms with van der Waals surface area (Å²) in [6.45, 7) is 6.48. The summed E-state index contributed by atoms with van der Waals surface area (Å²) in [5, 5.41) is 3.18. The van der Waals surface area contributed by atoms with Gasteiger partial charge in [0.15, 0.2) is 0 Å². The molecule has 2 aliphatic carbocycles. The Hall–Kier alpha value is -0.570. The van der Waals surface area contributed by atoms with Crippen LogP contribution in [0.2, 0.25) is 0 Å². The summed E-state index contributed by atoms with van der Waals surface area (Å²) in [6, 6.07) is 0.370. The second-order valence-electron chi connectivity index (χ2n) is 7.14. The van der Waals surface area contributed by atoms with Crippen molar-refractivity contribution < 1.29 is 9.53 Å². The molecule has 3 nitrogen and oxygen atoms in total. The first-order chi connectivity index (χ1) is 9.54. The molecule has 2 aliphatic rings. The van der Waals surface area contributed by atoms with Gasteiger partial charge in [0.1, 0.15) is 6.10 Å². The number of nitrogens with one attached hydrogen (secondary N) is 1. The Kier molecular flexibility index (Phi) is 5.88. The van der Waals surface area contributed by atoms with Crippen LogP contribution in [0.3, 0.4) is 0 Å². The van der Waals surface area contributed by atoms with Crippen molar-refractivity contribution in [1.29, 1.82) is 0 Å². The van der Waals surface area contributed by atoms with Crippen molar-refractivity contribution in [2.24, 2.45) is 11.8 Å². The fourth-order valence-electron chi connectivity index (χ4n) is 3.58. The molecule has 2 fully saturated rings. The highest BCUT2D eigenvalue weighted by Crippen LogP contribution is 2.27. The van der Waals surface area contributed by atoms with Gasteiger partial charge in [-0.05, 0) is 57.3 Å². The minimum atomic E-state index is -0.301. The molecule has 2 saturated carbocycles. The average molecular weight is 281 g/mol. The zero-order chi connectivity index (χ0) is 14.5. The number of hydrogen-bond donors (Lipinski definition) is 1. The maximum atomic E-state index is 12.2. The Morgan fingerprint density at radius 2 is 1.75 bits per heavy atom. The van der Waals surface area contributed by atoms with Crippen LogP contribution < -0.4 is 5.32 Å². The van der Waals surface area contributed by atoms with E-state index in [0.717, 1.165) is 37.5 Å². The molecule has 0 heterocycles. The summed E-state index contributed by atoms with van der Waals surface area (Å²) in [4.78, 5) is 12.2. The second-order valence-corrected chi connectivity index (χ2v) is 7.14. The van der Waals surface area contributed by atoms with Gasteiger partial charge in [-0.15, -0.1) is 0 Å². The molecular formula is C17H31NO2. The lowest BCUT2D eigenvalue weighted by Crippen LogP contribution is -2.44. The minimum Gasteiger partial charge on any atom is -0.365 e. The molecule has 0 radical (unpaired) electrons. The average Bonchev–Trinajstić information content (AvgIpc) is 2.41. The van der Waals surface area contributed by atoms with E-state index < -0.39 is 0 Å². The summed E-state index contributed by atoms with van der Waals surface area (Å²) >= 11 is 0. The standard InChI is InChI=1S/C17H31NO2/c1-12-7-9-15(10-8-12)18-17(19)14(3)20-16-6-4-5-13(2)11-16/h12-16H,4-11H2,1-3H3,(H,18,19)/t12?,13-,14-,15?,16-/m1/s1. The van der Waals surface area contributed by atoms with Gasteiger partial charge in [-0.25, -0.2) is 0 Å². The molecule has 3 atom stereocenters. The highest BCUT2D eigenvalue weighted by molar-refractivity contribution is 5.80. The van der Waals surface area contributed by atoms with Gasteiger partial charge in [-0.2, -0.15) is 0 Å². The summed E-state index contributed by atoms with van der Waals surface area (Å²) < 4.78 is 5.97. The third-order valence-electron chi connectivity index (χ3n) is 5.02. The van der Waals surface area contributed by atoms with Crippen LogP contribution in [0.15, 0.2) is 0 Å². The largest absolute Gasteiger partial charge is 0.365 e. The van der Waals surface area contributed by atoms with E-state index in [9.17, 15) is 4.79 Å². The molecule has 0 saturated heterocycles. The van der Waals surface area contributed by atoms with Crippen LogP contribution >= 0.6 is 0 Å². The van der Waals surface area contributed by atoms with Gasteiger partial charge >= 0.3 is 0 Å². The normalized spacial score (nSPS) is 36.4. The van der Waals surface area contributed by atoms with Crippen LogP contribution in [0.5, 0.6) is 0 Å². The molecule has 0 aromatic rings. The van der Waals surface area contributed by atoms with Crippen LogP contribution in [-0.4, -0.2) is 24.2 Å². The molecule has 3 heteroatoms. The van der Waals surface area contributed by atoms with E-state index >= 15 is 0 Å². The van der Waals surface area contributed by atoms with Crippen molar-refractivity contribution in [2.75, 3.05) is 0 Å². The highest BCUT2D eigenvalue weighted by atomic mass is 16.5. The van der Waals surface area contributed by atoms with Crippen molar-refractivity contribution >= 4 is 5.91 Å². The van der Waals surface area contributed by atoms with E-state index in [-0.39, 0.29) is 18.1 Å². The molecule has 0 spiro atoms. The number of ether oxygens (including phenoxy) is 1. The first-order valence-corrected chi connectivity index (χ1v) is 8.50. The SMILES string of the molecule is CC1CCC(NC(=O)[C@@H](C)O[C@@H]2CCC[C@@H](C)C2)CC1. The highest BCUT2D eigenvalue weighted by Gasteiger charge is 2.26. The summed E-state index contributed by atoms with van der Waals surface area (Å²) in [5.74, 6) is 1.65. The molecular weight excluding hydrogens is 250 g/mol. The molecule has 20 heavy (non-hydrogen) atoms. The molecule has 116 valence electrons. The summed E-state index contributed by atoms with van der Waals surface area (Å²) in [6.07, 6.45) is 9.47. The zero-order valence-corrected chi connectivity index (χ0v) is 13.4. The monoisotopic (exact) mass is 281 g/mol. The number of amides is 1. The maximum Gasteiger partial charge on any atom is 0.249 e. The fourth-order valence-corrected chi connectivity index (χ4v) is 3.58. The molecule has 0 aliphatic heterocycles. The van der Waals surface area contributed by atoms with Gasteiger partial charge in [-0.1, -0.05) is 26.7 Å². The van der Waals surface area contributed by atoms with Crippen LogP contribution in [0, 0.1) is 11.8 Å². The van der Waals surface area contributed by atoms with Gasteiger partial charge < -0.3 is 10.1 Å². The van der Waals surface area contributed by atoms with Gasteiger partial charge in [0.25, 0.3) is 0 Å². The van der Waals surface area contributed by atoms with Crippen LogP contribution in [0.4, 0.5) is 0 Å². The van der Waals surface area contributed by atoms with Gasteiger partial charge in [0.2, 0.25) is 5.91 Å². The minimum absolute atomic E-state index is 0.0859. The molecule has 1 N–H and O–H groups in total. The quantitative estimate of drug-likeness (QED) is 0.854. The third-order valence-corrected chi connectivity index (χ3v) is 5.02. The topological polar surface area (TPSA) is 38.3 Å². The van der Waals surface area contributed by atoms with Gasteiger partial charge in [0, 0.05) is 6.04 Å². The van der Waals surface area contributed by atoms with E-state index in [1.54, 1.807) is 0 Å². The Bertz CT molecular complexity index is 310. The second kappa shape index (κ2) is 7.44. The Labute approximate surface area is 123 Å². The van der Waals surface area contributed by atoms with Gasteiger partial charge in [-0.3, -0.25) is 4.79 Å². The first-order valence-electron chi connectivity index (χ1n) is 8.50. The summed E-state index contributed by atoms with van der Waals surface area (Å²) in [5.41, 5.74) is 0. The lowest BCUT2D eigenvalue weighted by atomic mass is 9.87. The van der Waals surface area contributed by atoms with E-state index in [1.165, 1.54) is 25.7 Å². The van der Waals surface area contributed by atoms with E-state index in [0.29, 0.717) is 6.04 Å². The number of carbonyl (C=O) groups is 1. The number of rotatable bonds is 4. The van der Waals surface area contributed by atoms with E-state index in [4.69, 9.17) is 4.74 Å². The third kappa shape index (κ3) is 4.76. The van der Waals surface area contributed by atoms with Crippen molar-refractivity contribution in [2.45, 2.75) is 90.4 Å². The van der Waals surface area contributed by atoms with Crippen LogP contribution in [0.25, 0.3) is 0 Å². The van der Waals surface area contributed by atoms with Crippen molar-refractivity contribution in [3.05, 3.63) is 0 Å². The molecule has 0 aromatic heterocycles. The Morgan fingerprint density at radius 3 is 2.40 bits per heavy atom. The van der Waals surface area contributed by atoms with E-state index in [2.05, 4.69) is 19.2 Å². The predicted molar refractivity (Wildman–Crippen MR) is 81.5 cm³/mol. The van der Waals surface area contributed by atoms with Gasteiger partial charge in [0.05, 0.1) is 6.10 Å². The maximum absolute atomic E-state index is 12.2. The van der Waals surface area contributed by atoms with E-state index in [1.807, 2.05) is 6.92 Å². The van der Waals surface area contributed by atoms with Crippen LogP contribution in [0.1, 0.15) is 72.1 Å². The number of hydrogen-bond acceptors (Lipinski definition) is 2. The number of carbonyl (C=O) groups excluding carboxylic acids is 1. The summed E-state index contributed by atoms with van der Waals surface area (Å²) in [7, 11) is 0. The molecule has 0 aromatic carbocycles. The Morgan fingerprint density at radius 1 is 1.05 bits per heavy atom. The lowest BCUT2D eigenvalue weighted by Gasteiger charge is -2.31. The molecule has 1 amide bonds. The first kappa shape index (κ1) is 15.8.